The average molecular weight is 515 g/mol. The first kappa shape index (κ1) is 28.5. The Balaban J connectivity index is 1.69. The molecule has 0 spiro atoms. The summed E-state index contributed by atoms with van der Waals surface area (Å²) in [7, 11) is 0. The second-order valence-electron chi connectivity index (χ2n) is 14.5. The van der Waals surface area contributed by atoms with Gasteiger partial charge in [-0.3, -0.25) is 14.4 Å². The molecule has 4 aliphatic carbocycles. The molecule has 0 saturated heterocycles. The minimum absolute atomic E-state index is 0.0148. The van der Waals surface area contributed by atoms with Crippen LogP contribution in [0, 0.1) is 45.3 Å². The Hall–Kier alpha value is -1.49. The van der Waals surface area contributed by atoms with Gasteiger partial charge in [-0.15, -0.1) is 0 Å². The van der Waals surface area contributed by atoms with Gasteiger partial charge in [-0.25, -0.2) is 0 Å². The summed E-state index contributed by atoms with van der Waals surface area (Å²) < 4.78 is 5.50. The lowest BCUT2D eigenvalue weighted by Crippen LogP contribution is -2.65. The first-order chi connectivity index (χ1) is 17.0. The standard InChI is InChI=1S/C32H50O5/c1-18(2)27(36)24(37-20(4)33)16-19(3)21-10-14-31(8)22(21)17-23(34)28-30(7)13-12-26(35)29(5,6)25(30)11-15-32(28,31)9/h18-19,23-25,28,34H,10-17H2,1-9H3. The van der Waals surface area contributed by atoms with Crippen molar-refractivity contribution in [2.75, 3.05) is 0 Å². The Bertz CT molecular complexity index is 1010. The van der Waals surface area contributed by atoms with Gasteiger partial charge in [0.2, 0.25) is 0 Å². The molecule has 0 amide bonds. The fourth-order valence-electron chi connectivity index (χ4n) is 9.93. The maximum absolute atomic E-state index is 12.9. The van der Waals surface area contributed by atoms with Crippen molar-refractivity contribution in [3.8, 4) is 0 Å². The van der Waals surface area contributed by atoms with Crippen LogP contribution in [0.15, 0.2) is 11.1 Å². The number of hydrogen-bond donors (Lipinski definition) is 1. The van der Waals surface area contributed by atoms with E-state index in [-0.39, 0.29) is 45.2 Å². The molecule has 0 aliphatic heterocycles. The number of fused-ring (bicyclic) bond motifs is 5. The van der Waals surface area contributed by atoms with Gasteiger partial charge in [0, 0.05) is 24.7 Å². The molecule has 37 heavy (non-hydrogen) atoms. The van der Waals surface area contributed by atoms with E-state index < -0.39 is 18.2 Å². The van der Waals surface area contributed by atoms with Gasteiger partial charge in [0.15, 0.2) is 11.9 Å². The largest absolute Gasteiger partial charge is 0.455 e. The zero-order valence-electron chi connectivity index (χ0n) is 24.7. The van der Waals surface area contributed by atoms with Crippen LogP contribution in [0.25, 0.3) is 0 Å². The second-order valence-corrected chi connectivity index (χ2v) is 14.5. The number of Topliss-reactive ketones (excluding diaryl/α,β-unsaturated/α-hetero) is 2. The average Bonchev–Trinajstić information content (AvgIpc) is 3.13. The summed E-state index contributed by atoms with van der Waals surface area (Å²) in [5, 5.41) is 11.9. The highest BCUT2D eigenvalue weighted by Gasteiger charge is 2.69. The Morgan fingerprint density at radius 2 is 1.68 bits per heavy atom. The smallest absolute Gasteiger partial charge is 0.303 e. The van der Waals surface area contributed by atoms with Crippen LogP contribution >= 0.6 is 0 Å². The van der Waals surface area contributed by atoms with Crippen molar-refractivity contribution in [3.63, 3.8) is 0 Å². The van der Waals surface area contributed by atoms with Crippen molar-refractivity contribution in [2.45, 2.75) is 126 Å². The molecule has 208 valence electrons. The van der Waals surface area contributed by atoms with Crippen LogP contribution < -0.4 is 0 Å². The van der Waals surface area contributed by atoms with E-state index in [1.807, 2.05) is 13.8 Å². The van der Waals surface area contributed by atoms with Gasteiger partial charge in [0.1, 0.15) is 5.78 Å². The molecule has 3 fully saturated rings. The molecular weight excluding hydrogens is 464 g/mol. The molecular formula is C32H50O5. The monoisotopic (exact) mass is 514 g/mol. The van der Waals surface area contributed by atoms with Gasteiger partial charge in [-0.2, -0.15) is 0 Å². The van der Waals surface area contributed by atoms with Crippen LogP contribution in [0.5, 0.6) is 0 Å². The van der Waals surface area contributed by atoms with Crippen LogP contribution in [0.4, 0.5) is 0 Å². The molecule has 4 aliphatic rings. The van der Waals surface area contributed by atoms with Gasteiger partial charge >= 0.3 is 5.97 Å². The fraction of sp³-hybridized carbons (Fsp3) is 0.844. The van der Waals surface area contributed by atoms with Gasteiger partial charge in [-0.05, 0) is 78.9 Å². The third-order valence-electron chi connectivity index (χ3n) is 12.0. The number of esters is 1. The summed E-state index contributed by atoms with van der Waals surface area (Å²) in [6.07, 6.45) is 5.57. The Morgan fingerprint density at radius 3 is 2.27 bits per heavy atom. The quantitative estimate of drug-likeness (QED) is 0.325. The minimum atomic E-state index is -0.722. The van der Waals surface area contributed by atoms with Crippen molar-refractivity contribution < 1.29 is 24.2 Å². The lowest BCUT2D eigenvalue weighted by Gasteiger charge is -2.69. The molecule has 0 aromatic heterocycles. The summed E-state index contributed by atoms with van der Waals surface area (Å²) in [6, 6.07) is 0. The fourth-order valence-corrected chi connectivity index (χ4v) is 9.93. The number of hydrogen-bond acceptors (Lipinski definition) is 5. The topological polar surface area (TPSA) is 80.7 Å². The lowest BCUT2D eigenvalue weighted by molar-refractivity contribution is -0.208. The highest BCUT2D eigenvalue weighted by atomic mass is 16.5. The molecule has 4 rings (SSSR count). The van der Waals surface area contributed by atoms with Crippen LogP contribution in [-0.2, 0) is 19.1 Å². The molecule has 0 bridgehead atoms. The number of aliphatic hydroxyl groups is 1. The Kier molecular flexibility index (Phi) is 7.18. The van der Waals surface area contributed by atoms with Crippen molar-refractivity contribution in [2.24, 2.45) is 45.3 Å². The first-order valence-corrected chi connectivity index (χ1v) is 14.7. The van der Waals surface area contributed by atoms with E-state index in [0.717, 1.165) is 32.1 Å². The molecule has 0 aromatic rings. The molecule has 5 heteroatoms. The number of carbonyl (C=O) groups excluding carboxylic acids is 3. The van der Waals surface area contributed by atoms with E-state index in [1.165, 1.54) is 18.1 Å². The minimum Gasteiger partial charge on any atom is -0.455 e. The maximum Gasteiger partial charge on any atom is 0.303 e. The Morgan fingerprint density at radius 1 is 1.03 bits per heavy atom. The van der Waals surface area contributed by atoms with Crippen molar-refractivity contribution in [3.05, 3.63) is 11.1 Å². The summed E-state index contributed by atoms with van der Waals surface area (Å²) in [4.78, 5) is 37.5. The van der Waals surface area contributed by atoms with Gasteiger partial charge in [0.25, 0.3) is 0 Å². The number of carbonyl (C=O) groups is 3. The molecule has 0 radical (unpaired) electrons. The van der Waals surface area contributed by atoms with Crippen LogP contribution in [0.3, 0.4) is 0 Å². The molecule has 8 unspecified atom stereocenters. The van der Waals surface area contributed by atoms with Gasteiger partial charge < -0.3 is 9.84 Å². The molecule has 0 aromatic carbocycles. The van der Waals surface area contributed by atoms with Crippen LogP contribution in [-0.4, -0.2) is 34.9 Å². The molecule has 0 heterocycles. The highest BCUT2D eigenvalue weighted by molar-refractivity contribution is 5.87. The van der Waals surface area contributed by atoms with E-state index in [0.29, 0.717) is 31.0 Å². The lowest BCUT2D eigenvalue weighted by atomic mass is 9.36. The zero-order valence-corrected chi connectivity index (χ0v) is 24.7. The van der Waals surface area contributed by atoms with Crippen molar-refractivity contribution >= 4 is 17.5 Å². The number of ketones is 2. The van der Waals surface area contributed by atoms with Crippen LogP contribution in [0.1, 0.15) is 114 Å². The number of ether oxygens (including phenoxy) is 1. The summed E-state index contributed by atoms with van der Waals surface area (Å²) in [5.41, 5.74) is 2.29. The van der Waals surface area contributed by atoms with Crippen molar-refractivity contribution in [1.29, 1.82) is 0 Å². The molecule has 1 N–H and O–H groups in total. The summed E-state index contributed by atoms with van der Waals surface area (Å²) in [6.45, 7) is 18.7. The zero-order chi connectivity index (χ0) is 27.7. The van der Waals surface area contributed by atoms with E-state index in [2.05, 4.69) is 41.5 Å². The van der Waals surface area contributed by atoms with E-state index >= 15 is 0 Å². The molecule has 5 nitrogen and oxygen atoms in total. The van der Waals surface area contributed by atoms with Gasteiger partial charge in [0.05, 0.1) is 6.10 Å². The van der Waals surface area contributed by atoms with E-state index in [9.17, 15) is 19.5 Å². The SMILES string of the molecule is CC(=O)OC(CC(C)C1=C2CC(O)C3C4(C)CCC(=O)C(C)(C)C4CCC3(C)C2(C)CC1)C(=O)C(C)C. The third kappa shape index (κ3) is 4.17. The van der Waals surface area contributed by atoms with Crippen molar-refractivity contribution in [1.82, 2.24) is 0 Å². The summed E-state index contributed by atoms with van der Waals surface area (Å²) in [5.74, 6) is 0.314. The second kappa shape index (κ2) is 9.31. The van der Waals surface area contributed by atoms with E-state index in [1.54, 1.807) is 0 Å². The normalized spacial score (nSPS) is 40.5. The predicted octanol–water partition coefficient (Wildman–Crippen LogP) is 6.46. The van der Waals surface area contributed by atoms with Crippen LogP contribution in [0.2, 0.25) is 0 Å². The molecule has 8 atom stereocenters. The predicted molar refractivity (Wildman–Crippen MR) is 145 cm³/mol. The maximum atomic E-state index is 12.9. The Labute approximate surface area is 224 Å². The highest BCUT2D eigenvalue weighted by Crippen LogP contribution is 2.74. The number of aliphatic hydroxyl groups excluding tert-OH is 1. The third-order valence-corrected chi connectivity index (χ3v) is 12.0. The van der Waals surface area contributed by atoms with E-state index in [4.69, 9.17) is 4.74 Å². The molecule has 3 saturated carbocycles. The number of allylic oxidation sites excluding steroid dienone is 1. The first-order valence-electron chi connectivity index (χ1n) is 14.7. The number of rotatable bonds is 6. The van der Waals surface area contributed by atoms with Gasteiger partial charge in [-0.1, -0.05) is 66.5 Å². The summed E-state index contributed by atoms with van der Waals surface area (Å²) >= 11 is 0.